The van der Waals surface area contributed by atoms with Gasteiger partial charge >= 0.3 is 0 Å². The number of hydrogen-bond acceptors (Lipinski definition) is 4. The van der Waals surface area contributed by atoms with E-state index < -0.39 is 0 Å². The fourth-order valence-electron chi connectivity index (χ4n) is 5.08. The lowest BCUT2D eigenvalue weighted by atomic mass is 9.98. The third-order valence-electron chi connectivity index (χ3n) is 7.06. The smallest absolute Gasteiger partial charge is 0.254 e. The number of rotatable bonds is 5. The van der Waals surface area contributed by atoms with Crippen LogP contribution in [0.5, 0.6) is 0 Å². The number of amides is 1. The Bertz CT molecular complexity index is 1300. The molecule has 3 aromatic rings. The van der Waals surface area contributed by atoms with Crippen molar-refractivity contribution in [1.82, 2.24) is 14.7 Å². The van der Waals surface area contributed by atoms with Crippen LogP contribution < -0.4 is 0 Å². The van der Waals surface area contributed by atoms with Crippen molar-refractivity contribution < 1.29 is 4.79 Å². The Kier molecular flexibility index (Phi) is 12.6. The van der Waals surface area contributed by atoms with Gasteiger partial charge in [0.25, 0.3) is 5.91 Å². The second kappa shape index (κ2) is 15.4. The molecule has 2 fully saturated rings. The number of piperazine rings is 1. The Morgan fingerprint density at radius 2 is 1.49 bits per heavy atom. The number of benzene rings is 3. The largest absolute Gasteiger partial charge is 0.333 e. The minimum Gasteiger partial charge on any atom is -0.333 e. The lowest BCUT2D eigenvalue weighted by Crippen LogP contribution is -2.56. The van der Waals surface area contributed by atoms with Crippen molar-refractivity contribution in [1.29, 1.82) is 0 Å². The molecule has 1 amide bonds. The maximum atomic E-state index is 13.6. The summed E-state index contributed by atoms with van der Waals surface area (Å²) in [6.07, 6.45) is 0.778. The lowest BCUT2D eigenvalue weighted by molar-refractivity contribution is 0.0480. The molecule has 0 spiro atoms. The number of carbonyl (C=O) groups is 1. The molecule has 0 saturated carbocycles. The molecule has 4 nitrogen and oxygen atoms in total. The molecule has 0 unspecified atom stereocenters. The first-order chi connectivity index (χ1) is 18.0. The predicted molar refractivity (Wildman–Crippen MR) is 171 cm³/mol. The van der Waals surface area contributed by atoms with Crippen LogP contribution in [0, 0.1) is 11.8 Å². The first kappa shape index (κ1) is 31.9. The summed E-state index contributed by atoms with van der Waals surface area (Å²) >= 11 is 14.5. The van der Waals surface area contributed by atoms with E-state index in [-0.39, 0.29) is 36.8 Å². The molecular formula is C30H33Cl4N3OS. The van der Waals surface area contributed by atoms with Crippen LogP contribution in [0.25, 0.3) is 10.8 Å². The van der Waals surface area contributed by atoms with Crippen LogP contribution in [0.2, 0.25) is 10.0 Å². The molecule has 2 saturated heterocycles. The van der Waals surface area contributed by atoms with Crippen LogP contribution in [-0.2, 0) is 6.42 Å². The van der Waals surface area contributed by atoms with Crippen LogP contribution in [0.1, 0.15) is 15.9 Å². The second-order valence-corrected chi connectivity index (χ2v) is 11.8. The highest BCUT2D eigenvalue weighted by atomic mass is 35.5. The van der Waals surface area contributed by atoms with Gasteiger partial charge in [-0.2, -0.15) is 11.8 Å². The van der Waals surface area contributed by atoms with E-state index in [4.69, 9.17) is 23.2 Å². The highest BCUT2D eigenvalue weighted by Crippen LogP contribution is 2.24. The molecule has 39 heavy (non-hydrogen) atoms. The van der Waals surface area contributed by atoms with Crippen molar-refractivity contribution in [2.45, 2.75) is 12.5 Å². The quantitative estimate of drug-likeness (QED) is 0.307. The van der Waals surface area contributed by atoms with Gasteiger partial charge in [0.2, 0.25) is 0 Å². The summed E-state index contributed by atoms with van der Waals surface area (Å²) in [5.74, 6) is 9.14. The van der Waals surface area contributed by atoms with E-state index in [1.54, 1.807) is 18.2 Å². The van der Waals surface area contributed by atoms with Crippen LogP contribution >= 0.6 is 59.8 Å². The van der Waals surface area contributed by atoms with Crippen molar-refractivity contribution >= 4 is 76.5 Å². The monoisotopic (exact) mass is 623 g/mol. The zero-order valence-electron chi connectivity index (χ0n) is 21.7. The Balaban J connectivity index is 0.00000210. The minimum atomic E-state index is -0.0242. The topological polar surface area (TPSA) is 26.8 Å². The van der Waals surface area contributed by atoms with Gasteiger partial charge in [-0.3, -0.25) is 14.6 Å². The molecule has 1 atom stereocenters. The van der Waals surface area contributed by atoms with Crippen LogP contribution in [0.15, 0.2) is 60.7 Å². The van der Waals surface area contributed by atoms with Gasteiger partial charge in [-0.15, -0.1) is 24.8 Å². The summed E-state index contributed by atoms with van der Waals surface area (Å²) in [6.45, 7) is 6.04. The molecule has 208 valence electrons. The summed E-state index contributed by atoms with van der Waals surface area (Å²) in [5.41, 5.74) is 1.76. The molecule has 0 radical (unpaired) electrons. The summed E-state index contributed by atoms with van der Waals surface area (Å²) < 4.78 is 0. The van der Waals surface area contributed by atoms with Crippen molar-refractivity contribution in [2.75, 3.05) is 57.3 Å². The van der Waals surface area contributed by atoms with E-state index in [0.717, 1.165) is 45.7 Å². The molecule has 5 rings (SSSR count). The van der Waals surface area contributed by atoms with Crippen molar-refractivity contribution in [2.24, 2.45) is 0 Å². The summed E-state index contributed by atoms with van der Waals surface area (Å²) in [6, 6.07) is 20.1. The molecule has 2 aliphatic rings. The molecule has 9 heteroatoms. The Labute approximate surface area is 258 Å². The van der Waals surface area contributed by atoms with Crippen molar-refractivity contribution in [3.05, 3.63) is 81.8 Å². The lowest BCUT2D eigenvalue weighted by Gasteiger charge is -2.41. The molecule has 0 aromatic heterocycles. The van der Waals surface area contributed by atoms with Gasteiger partial charge in [-0.05, 0) is 41.0 Å². The van der Waals surface area contributed by atoms with E-state index in [1.807, 2.05) is 16.7 Å². The minimum absolute atomic E-state index is 0. The third kappa shape index (κ3) is 8.68. The van der Waals surface area contributed by atoms with Gasteiger partial charge in [-0.25, -0.2) is 0 Å². The van der Waals surface area contributed by atoms with E-state index >= 15 is 0 Å². The number of halogens is 4. The number of hydrogen-bond donors (Lipinski definition) is 0. The number of carbonyl (C=O) groups excluding carboxylic acids is 1. The van der Waals surface area contributed by atoms with Crippen molar-refractivity contribution in [3.63, 3.8) is 0 Å². The first-order valence-electron chi connectivity index (χ1n) is 12.8. The number of fused-ring (bicyclic) bond motifs is 1. The van der Waals surface area contributed by atoms with Gasteiger partial charge < -0.3 is 4.90 Å². The molecule has 0 bridgehead atoms. The second-order valence-electron chi connectivity index (χ2n) is 9.67. The normalized spacial score (nSPS) is 18.0. The maximum Gasteiger partial charge on any atom is 0.254 e. The third-order valence-corrected chi connectivity index (χ3v) is 8.44. The summed E-state index contributed by atoms with van der Waals surface area (Å²) in [5, 5.41) is 3.39. The van der Waals surface area contributed by atoms with E-state index in [2.05, 4.69) is 64.1 Å². The highest BCUT2D eigenvalue weighted by Gasteiger charge is 2.31. The first-order valence-corrected chi connectivity index (χ1v) is 14.7. The molecule has 3 aromatic carbocycles. The Morgan fingerprint density at radius 1 is 0.821 bits per heavy atom. The number of nitrogens with zero attached hydrogens (tertiary/aromatic N) is 3. The summed E-state index contributed by atoms with van der Waals surface area (Å²) in [7, 11) is 0. The zero-order chi connectivity index (χ0) is 25.6. The van der Waals surface area contributed by atoms with E-state index in [9.17, 15) is 4.79 Å². The van der Waals surface area contributed by atoms with E-state index in [0.29, 0.717) is 22.2 Å². The van der Waals surface area contributed by atoms with Gasteiger partial charge in [0.1, 0.15) is 0 Å². The molecule has 2 heterocycles. The van der Waals surface area contributed by atoms with Crippen LogP contribution in [-0.4, -0.2) is 84.0 Å². The molecule has 0 N–H and O–H groups in total. The van der Waals surface area contributed by atoms with Gasteiger partial charge in [0, 0.05) is 65.9 Å². The molecule has 2 aliphatic heterocycles. The summed E-state index contributed by atoms with van der Waals surface area (Å²) in [4.78, 5) is 20.4. The van der Waals surface area contributed by atoms with Crippen molar-refractivity contribution in [3.8, 4) is 11.8 Å². The number of thioether (sulfide) groups is 1. The zero-order valence-corrected chi connectivity index (χ0v) is 25.6. The average Bonchev–Trinajstić information content (AvgIpc) is 2.91. The standard InChI is InChI=1S/C30H31Cl2N3OS.2ClH/c31-27-19-26(20-28(32)21-27)30(36)35-12-11-34(10-4-3-9-33-13-15-37-16-14-33)22-29(35)18-23-7-8-24-5-1-2-6-25(24)17-23;;/h1-2,5-8,17,19-21,29H,9-16,18,22H2;2*1H/t29-;;/m1../s1. The fourth-order valence-corrected chi connectivity index (χ4v) is 6.59. The fraction of sp³-hybridized carbons (Fsp3) is 0.367. The maximum absolute atomic E-state index is 13.6. The van der Waals surface area contributed by atoms with Crippen LogP contribution in [0.4, 0.5) is 0 Å². The predicted octanol–water partition coefficient (Wildman–Crippen LogP) is 6.41. The Morgan fingerprint density at radius 3 is 2.21 bits per heavy atom. The van der Waals surface area contributed by atoms with Gasteiger partial charge in [-0.1, -0.05) is 77.5 Å². The van der Waals surface area contributed by atoms with Gasteiger partial charge in [0.05, 0.1) is 13.1 Å². The average molecular weight is 625 g/mol. The van der Waals surface area contributed by atoms with Gasteiger partial charge in [0.15, 0.2) is 0 Å². The Hall–Kier alpha value is -1.62. The highest BCUT2D eigenvalue weighted by molar-refractivity contribution is 7.99. The van der Waals surface area contributed by atoms with Crippen LogP contribution in [0.3, 0.4) is 0 Å². The molecule has 0 aliphatic carbocycles. The SMILES string of the molecule is Cl.Cl.O=C(c1cc(Cl)cc(Cl)c1)N1CCN(CC#CCN2CCSCC2)C[C@H]1Cc1ccc2ccccc2c1. The van der Waals surface area contributed by atoms with E-state index in [1.165, 1.54) is 27.8 Å². The molecular weight excluding hydrogens is 592 g/mol.